The van der Waals surface area contributed by atoms with Gasteiger partial charge in [0.05, 0.1) is 16.7 Å². The summed E-state index contributed by atoms with van der Waals surface area (Å²) in [7, 11) is 2.03. The van der Waals surface area contributed by atoms with Crippen molar-refractivity contribution < 1.29 is 24.2 Å². The second kappa shape index (κ2) is 10.3. The van der Waals surface area contributed by atoms with Gasteiger partial charge in [0.25, 0.3) is 17.7 Å². The number of benzene rings is 1. The van der Waals surface area contributed by atoms with E-state index in [2.05, 4.69) is 42.9 Å². The highest BCUT2D eigenvalue weighted by Gasteiger charge is 2.71. The number of rotatable bonds is 5. The number of likely N-dealkylation sites (N-methyl/N-ethyl adjacent to an activating group) is 1. The zero-order valence-corrected chi connectivity index (χ0v) is 27.4. The van der Waals surface area contributed by atoms with Gasteiger partial charge in [-0.15, -0.1) is 0 Å². The molecule has 0 saturated carbocycles. The van der Waals surface area contributed by atoms with Crippen molar-refractivity contribution in [2.45, 2.75) is 83.0 Å². The molecular formula is C33H40BrN5O5. The first-order valence-electron chi connectivity index (χ1n) is 15.7. The number of hydrogen-bond donors (Lipinski definition) is 2. The summed E-state index contributed by atoms with van der Waals surface area (Å²) < 4.78 is 7.41. The van der Waals surface area contributed by atoms with E-state index >= 15 is 0 Å². The number of aliphatic hydroxyl groups is 1. The highest BCUT2D eigenvalue weighted by molar-refractivity contribution is 9.10. The number of ether oxygens (including phenoxy) is 1. The van der Waals surface area contributed by atoms with E-state index in [1.54, 1.807) is 4.90 Å². The molecule has 5 heterocycles. The average Bonchev–Trinajstić information content (AvgIpc) is 3.65. The highest BCUT2D eigenvalue weighted by Crippen LogP contribution is 2.49. The molecule has 6 atom stereocenters. The number of aromatic amines is 1. The van der Waals surface area contributed by atoms with Gasteiger partial charge in [0.15, 0.2) is 5.60 Å². The van der Waals surface area contributed by atoms with Crippen LogP contribution >= 0.6 is 15.9 Å². The van der Waals surface area contributed by atoms with Crippen LogP contribution in [-0.2, 0) is 25.5 Å². The standard InChI is InChI=1S/C33H40BrN5O5/c1-17(2)12-25-30(41)38-11-7-10-26(38)33(43)39(25)31(42)32(44-33,18(3)4)16-35-29(40)19-13-21-20-8-6-9-23-27(20)22(28(34)36-23)14-24(21)37(5)15-19/h6,8-9,13,16-19,24-26,36,43H,7,10-12,14-15H2,1-5H3/t19-,24-,25+,26+,32-,33+/m1/s1. The summed E-state index contributed by atoms with van der Waals surface area (Å²) in [5.41, 5.74) is 2.83. The Kier molecular flexibility index (Phi) is 7.01. The SMILES string of the molecule is CC(C)C[C@H]1C(=O)N2CCC[C@H]2[C@]2(O)O[C@](C=NC(=O)[C@@H]3C=C4c5cccc6[nH]c(Br)c(c56)C[C@H]4N(C)C3)(C(C)C)C(=O)N12. The number of carbonyl (C=O) groups is 3. The molecule has 0 unspecified atom stereocenters. The smallest absolute Gasteiger partial charge is 0.275 e. The van der Waals surface area contributed by atoms with Gasteiger partial charge in [0.1, 0.15) is 12.1 Å². The Labute approximate surface area is 265 Å². The van der Waals surface area contributed by atoms with Crippen LogP contribution in [0.25, 0.3) is 16.5 Å². The number of aliphatic imine (C=N–C) groups is 1. The molecule has 0 spiro atoms. The molecule has 0 radical (unpaired) electrons. The monoisotopic (exact) mass is 665 g/mol. The van der Waals surface area contributed by atoms with Crippen molar-refractivity contribution in [3.05, 3.63) is 40.0 Å². The molecule has 11 heteroatoms. The van der Waals surface area contributed by atoms with Gasteiger partial charge in [-0.25, -0.2) is 4.99 Å². The van der Waals surface area contributed by atoms with Gasteiger partial charge < -0.3 is 19.7 Å². The summed E-state index contributed by atoms with van der Waals surface area (Å²) >= 11 is 3.69. The first kappa shape index (κ1) is 29.8. The molecule has 44 heavy (non-hydrogen) atoms. The van der Waals surface area contributed by atoms with Crippen LogP contribution in [0.5, 0.6) is 0 Å². The fourth-order valence-corrected chi connectivity index (χ4v) is 8.72. The van der Waals surface area contributed by atoms with E-state index in [9.17, 15) is 19.5 Å². The Morgan fingerprint density at radius 3 is 2.77 bits per heavy atom. The van der Waals surface area contributed by atoms with Crippen LogP contribution in [0, 0.1) is 17.8 Å². The zero-order chi connectivity index (χ0) is 31.3. The minimum atomic E-state index is -1.98. The lowest BCUT2D eigenvalue weighted by atomic mass is 9.80. The fraction of sp³-hybridized carbons (Fsp3) is 0.576. The molecule has 3 fully saturated rings. The van der Waals surface area contributed by atoms with Crippen LogP contribution < -0.4 is 0 Å². The van der Waals surface area contributed by atoms with Crippen LogP contribution in [-0.4, -0.2) is 98.5 Å². The largest absolute Gasteiger partial charge is 0.349 e. The maximum absolute atomic E-state index is 14.3. The van der Waals surface area contributed by atoms with Crippen LogP contribution in [0.3, 0.4) is 0 Å². The first-order valence-corrected chi connectivity index (χ1v) is 16.5. The van der Waals surface area contributed by atoms with Crippen molar-refractivity contribution in [1.82, 2.24) is 19.7 Å². The van der Waals surface area contributed by atoms with Gasteiger partial charge in [-0.3, -0.25) is 24.2 Å². The number of aromatic nitrogens is 1. The molecule has 234 valence electrons. The maximum Gasteiger partial charge on any atom is 0.275 e. The Hall–Kier alpha value is -2.86. The number of halogens is 1. The molecule has 0 bridgehead atoms. The third-order valence-electron chi connectivity index (χ3n) is 10.4. The van der Waals surface area contributed by atoms with E-state index in [-0.39, 0.29) is 23.8 Å². The Bertz CT molecular complexity index is 1630. The summed E-state index contributed by atoms with van der Waals surface area (Å²) in [5, 5.41) is 13.3. The van der Waals surface area contributed by atoms with Crippen molar-refractivity contribution in [1.29, 1.82) is 0 Å². The number of amides is 3. The molecule has 5 aliphatic rings. The second-order valence-corrected chi connectivity index (χ2v) is 14.6. The predicted octanol–water partition coefficient (Wildman–Crippen LogP) is 3.72. The number of H-pyrrole nitrogens is 1. The van der Waals surface area contributed by atoms with E-state index in [0.29, 0.717) is 25.9 Å². The first-order chi connectivity index (χ1) is 20.9. The Morgan fingerprint density at radius 1 is 1.27 bits per heavy atom. The average molecular weight is 667 g/mol. The van der Waals surface area contributed by atoms with Gasteiger partial charge in [0, 0.05) is 30.0 Å². The molecule has 3 saturated heterocycles. The summed E-state index contributed by atoms with van der Waals surface area (Å²) in [6, 6.07) is 4.81. The third kappa shape index (κ3) is 4.15. The predicted molar refractivity (Wildman–Crippen MR) is 170 cm³/mol. The molecule has 1 aromatic carbocycles. The van der Waals surface area contributed by atoms with E-state index in [4.69, 9.17) is 4.74 Å². The normalized spacial score (nSPS) is 33.5. The van der Waals surface area contributed by atoms with Crippen molar-refractivity contribution in [3.63, 3.8) is 0 Å². The Balaban J connectivity index is 1.23. The van der Waals surface area contributed by atoms with Crippen molar-refractivity contribution in [2.75, 3.05) is 20.1 Å². The maximum atomic E-state index is 14.3. The topological polar surface area (TPSA) is 119 Å². The highest BCUT2D eigenvalue weighted by atomic mass is 79.9. The minimum absolute atomic E-state index is 0.110. The molecule has 1 aliphatic carbocycles. The third-order valence-corrected chi connectivity index (χ3v) is 11.1. The number of piperazine rings is 1. The van der Waals surface area contributed by atoms with E-state index in [0.717, 1.165) is 34.1 Å². The Morgan fingerprint density at radius 2 is 2.05 bits per heavy atom. The van der Waals surface area contributed by atoms with Crippen LogP contribution in [0.1, 0.15) is 58.1 Å². The molecule has 10 nitrogen and oxygen atoms in total. The van der Waals surface area contributed by atoms with Crippen LogP contribution in [0.15, 0.2) is 33.9 Å². The summed E-state index contributed by atoms with van der Waals surface area (Å²) in [6.45, 7) is 8.62. The van der Waals surface area contributed by atoms with Crippen LogP contribution in [0.2, 0.25) is 0 Å². The van der Waals surface area contributed by atoms with Gasteiger partial charge in [-0.05, 0) is 83.3 Å². The molecule has 2 aromatic rings. The number of nitrogens with zero attached hydrogens (tertiary/aromatic N) is 4. The molecular weight excluding hydrogens is 626 g/mol. The van der Waals surface area contributed by atoms with E-state index in [1.165, 1.54) is 22.1 Å². The van der Waals surface area contributed by atoms with E-state index < -0.39 is 41.3 Å². The van der Waals surface area contributed by atoms with Crippen LogP contribution in [0.4, 0.5) is 0 Å². The second-order valence-electron chi connectivity index (χ2n) is 13.8. The lowest BCUT2D eigenvalue weighted by Gasteiger charge is -2.49. The molecule has 4 aliphatic heterocycles. The minimum Gasteiger partial charge on any atom is -0.349 e. The number of fused-ring (bicyclic) bond motifs is 5. The lowest BCUT2D eigenvalue weighted by molar-refractivity contribution is -0.310. The van der Waals surface area contributed by atoms with Crippen molar-refractivity contribution >= 4 is 56.3 Å². The quantitative estimate of drug-likeness (QED) is 0.470. The number of carbonyl (C=O) groups excluding carboxylic acids is 3. The molecule has 3 amide bonds. The molecule has 7 rings (SSSR count). The van der Waals surface area contributed by atoms with Crippen molar-refractivity contribution in [2.24, 2.45) is 22.7 Å². The van der Waals surface area contributed by atoms with Gasteiger partial charge in [-0.1, -0.05) is 45.9 Å². The van der Waals surface area contributed by atoms with Gasteiger partial charge in [0.2, 0.25) is 5.91 Å². The van der Waals surface area contributed by atoms with Gasteiger partial charge >= 0.3 is 0 Å². The lowest BCUT2D eigenvalue weighted by Crippen LogP contribution is -2.71. The van der Waals surface area contributed by atoms with Crippen molar-refractivity contribution in [3.8, 4) is 0 Å². The van der Waals surface area contributed by atoms with Gasteiger partial charge in [-0.2, -0.15) is 0 Å². The van der Waals surface area contributed by atoms with E-state index in [1.807, 2.05) is 46.9 Å². The fourth-order valence-electron chi connectivity index (χ4n) is 8.15. The summed E-state index contributed by atoms with van der Waals surface area (Å²) in [5.74, 6) is -3.88. The summed E-state index contributed by atoms with van der Waals surface area (Å²) in [4.78, 5) is 54.7. The molecule has 1 aromatic heterocycles. The number of hydrogen-bond acceptors (Lipinski definition) is 6. The number of nitrogens with one attached hydrogen (secondary N) is 1. The summed E-state index contributed by atoms with van der Waals surface area (Å²) in [6.07, 6.45) is 5.82. The molecule has 2 N–H and O–H groups in total. The zero-order valence-electron chi connectivity index (χ0n) is 25.8.